The third-order valence-electron chi connectivity index (χ3n) is 9.85. The van der Waals surface area contributed by atoms with E-state index in [1.807, 2.05) is 18.2 Å². The minimum Gasteiger partial charge on any atom is -0.504 e. The Morgan fingerprint density at radius 1 is 1.04 bits per heavy atom. The van der Waals surface area contributed by atoms with Crippen molar-refractivity contribution in [1.82, 2.24) is 10.6 Å². The first kappa shape index (κ1) is 40.4. The smallest absolute Gasteiger partial charge is 0.200 e. The maximum Gasteiger partial charge on any atom is 0.200 e. The predicted octanol–water partition coefficient (Wildman–Crippen LogP) is 4.57. The minimum absolute atomic E-state index is 0.0334. The number of aryl methyl sites for hydroxylation is 3. The molecule has 54 heavy (non-hydrogen) atoms. The molecule has 11 heteroatoms. The minimum atomic E-state index is -1.10. The van der Waals surface area contributed by atoms with Crippen LogP contribution in [0.4, 0.5) is 0 Å². The lowest BCUT2D eigenvalue weighted by Crippen LogP contribution is -2.38. The van der Waals surface area contributed by atoms with Crippen molar-refractivity contribution in [2.75, 3.05) is 33.5 Å². The molecular formula is C43H56N4O7. The zero-order valence-corrected chi connectivity index (χ0v) is 31.8. The van der Waals surface area contributed by atoms with Crippen molar-refractivity contribution >= 4 is 11.7 Å². The summed E-state index contributed by atoms with van der Waals surface area (Å²) in [6.07, 6.45) is 2.85. The van der Waals surface area contributed by atoms with Crippen LogP contribution in [-0.2, 0) is 36.9 Å². The van der Waals surface area contributed by atoms with E-state index < -0.39 is 12.4 Å². The molecule has 0 aromatic heterocycles. The van der Waals surface area contributed by atoms with E-state index in [1.54, 1.807) is 12.1 Å². The molecule has 7 N–H and O–H groups in total. The predicted molar refractivity (Wildman–Crippen MR) is 210 cm³/mol. The number of ether oxygens (including phenoxy) is 3. The second kappa shape index (κ2) is 20.1. The maximum absolute atomic E-state index is 13.0. The average Bonchev–Trinajstić information content (AvgIpc) is 3.15. The van der Waals surface area contributed by atoms with Gasteiger partial charge in [0.1, 0.15) is 12.5 Å². The van der Waals surface area contributed by atoms with Crippen LogP contribution in [0.3, 0.4) is 0 Å². The lowest BCUT2D eigenvalue weighted by atomic mass is 9.86. The molecule has 0 radical (unpaired) electrons. The monoisotopic (exact) mass is 740 g/mol. The quantitative estimate of drug-likeness (QED) is 0.0481. The Hall–Kier alpha value is -4.76. The van der Waals surface area contributed by atoms with E-state index in [1.165, 1.54) is 12.7 Å². The number of nitrogens with one attached hydrogen (secondary N) is 2. The number of rotatable bonds is 13. The van der Waals surface area contributed by atoms with E-state index in [9.17, 15) is 20.1 Å². The Morgan fingerprint density at radius 2 is 1.85 bits per heavy atom. The van der Waals surface area contributed by atoms with Gasteiger partial charge < -0.3 is 40.6 Å². The van der Waals surface area contributed by atoms with E-state index in [-0.39, 0.29) is 49.2 Å². The average molecular weight is 741 g/mol. The lowest BCUT2D eigenvalue weighted by Gasteiger charge is -2.34. The first-order chi connectivity index (χ1) is 26.1. The Labute approximate surface area is 319 Å². The summed E-state index contributed by atoms with van der Waals surface area (Å²) in [6, 6.07) is 15.7. The van der Waals surface area contributed by atoms with Crippen LogP contribution in [0, 0.1) is 23.7 Å². The lowest BCUT2D eigenvalue weighted by molar-refractivity contribution is -0.121. The molecule has 11 nitrogen and oxygen atoms in total. The number of carbonyl (C=O) groups is 1. The molecule has 2 aliphatic rings. The van der Waals surface area contributed by atoms with Crippen molar-refractivity contribution in [3.05, 3.63) is 81.9 Å². The number of aliphatic hydroxyl groups is 2. The fraction of sp³-hybridized carbons (Fsp3) is 0.488. The van der Waals surface area contributed by atoms with Crippen molar-refractivity contribution < 1.29 is 34.3 Å². The van der Waals surface area contributed by atoms with Gasteiger partial charge in [-0.15, -0.1) is 0 Å². The molecule has 0 fully saturated rings. The molecule has 0 amide bonds. The Bertz CT molecular complexity index is 1800. The van der Waals surface area contributed by atoms with E-state index in [4.69, 9.17) is 19.9 Å². The van der Waals surface area contributed by atoms with Gasteiger partial charge in [-0.05, 0) is 80.2 Å². The van der Waals surface area contributed by atoms with E-state index in [0.29, 0.717) is 74.1 Å². The number of nitrogens with zero attached hydrogens (tertiary/aromatic N) is 1. The SMILES string of the molecule is COc1c(O)ccc2c1C#CCc1cc(c3c(c1OCNCCCc1ccccc1)O[C@H](O)[C@H](CCNC(N)=NCC(C)C)C3)CC[C@@H](O)CC(=O)CC2. The molecular weight excluding hydrogens is 684 g/mol. The molecule has 5 rings (SSSR count). The molecule has 3 atom stereocenters. The van der Waals surface area contributed by atoms with Crippen molar-refractivity contribution in [2.24, 2.45) is 22.6 Å². The highest BCUT2D eigenvalue weighted by molar-refractivity contribution is 5.79. The number of carbonyl (C=O) groups excluding carboxylic acids is 1. The second-order valence-electron chi connectivity index (χ2n) is 14.6. The number of guanidine groups is 1. The van der Waals surface area contributed by atoms with Gasteiger partial charge in [0, 0.05) is 49.4 Å². The van der Waals surface area contributed by atoms with Crippen LogP contribution in [-0.4, -0.2) is 72.9 Å². The number of nitrogens with two attached hydrogens (primary N) is 1. The van der Waals surface area contributed by atoms with Crippen LogP contribution in [0.25, 0.3) is 0 Å². The molecule has 0 saturated carbocycles. The highest BCUT2D eigenvalue weighted by Crippen LogP contribution is 2.44. The molecule has 1 aliphatic heterocycles. The van der Waals surface area contributed by atoms with Crippen LogP contribution in [0.1, 0.15) is 79.3 Å². The normalized spacial score (nSPS) is 19.0. The first-order valence-electron chi connectivity index (χ1n) is 19.1. The number of fused-ring (bicyclic) bond motifs is 5. The van der Waals surface area contributed by atoms with Crippen molar-refractivity contribution in [2.45, 2.75) is 90.4 Å². The van der Waals surface area contributed by atoms with Gasteiger partial charge in [0.25, 0.3) is 0 Å². The highest BCUT2D eigenvalue weighted by atomic mass is 16.6. The number of aliphatic imine (C=N–C) groups is 1. The van der Waals surface area contributed by atoms with E-state index in [0.717, 1.165) is 41.6 Å². The molecule has 2 bridgehead atoms. The summed E-state index contributed by atoms with van der Waals surface area (Å²) in [6.45, 7) is 6.25. The first-order valence-corrected chi connectivity index (χ1v) is 19.1. The van der Waals surface area contributed by atoms with Crippen LogP contribution in [0.15, 0.2) is 53.5 Å². The Balaban J connectivity index is 1.45. The summed E-state index contributed by atoms with van der Waals surface area (Å²) < 4.78 is 18.3. The number of Topliss-reactive ketones (excluding diaryl/α,β-unsaturated/α-hetero) is 1. The van der Waals surface area contributed by atoms with Crippen molar-refractivity contribution in [3.8, 4) is 34.8 Å². The summed E-state index contributed by atoms with van der Waals surface area (Å²) in [5, 5.41) is 39.5. The molecule has 290 valence electrons. The van der Waals surface area contributed by atoms with Gasteiger partial charge in [0.15, 0.2) is 29.0 Å². The molecule has 0 unspecified atom stereocenters. The van der Waals surface area contributed by atoms with Crippen LogP contribution >= 0.6 is 0 Å². The number of phenols is 1. The zero-order chi connectivity index (χ0) is 38.5. The summed E-state index contributed by atoms with van der Waals surface area (Å²) in [5.74, 6) is 8.12. The largest absolute Gasteiger partial charge is 0.504 e. The van der Waals surface area contributed by atoms with Gasteiger partial charge in [-0.25, -0.2) is 0 Å². The van der Waals surface area contributed by atoms with E-state index in [2.05, 4.69) is 59.5 Å². The molecule has 0 saturated heterocycles. The van der Waals surface area contributed by atoms with Crippen molar-refractivity contribution in [1.29, 1.82) is 0 Å². The Morgan fingerprint density at radius 3 is 2.63 bits per heavy atom. The maximum atomic E-state index is 13.0. The van der Waals surface area contributed by atoms with Crippen LogP contribution in [0.2, 0.25) is 0 Å². The van der Waals surface area contributed by atoms with Gasteiger partial charge in [-0.2, -0.15) is 0 Å². The highest BCUT2D eigenvalue weighted by Gasteiger charge is 2.34. The zero-order valence-electron chi connectivity index (χ0n) is 31.8. The summed E-state index contributed by atoms with van der Waals surface area (Å²) in [5.41, 5.74) is 11.3. The molecule has 0 spiro atoms. The number of aromatic hydroxyl groups is 1. The van der Waals surface area contributed by atoms with Gasteiger partial charge in [0.2, 0.25) is 6.29 Å². The molecule has 1 aliphatic carbocycles. The molecule has 3 aromatic rings. The number of hydrogen-bond donors (Lipinski definition) is 6. The number of methoxy groups -OCH3 is 1. The van der Waals surface area contributed by atoms with Gasteiger partial charge >= 0.3 is 0 Å². The summed E-state index contributed by atoms with van der Waals surface area (Å²) >= 11 is 0. The van der Waals surface area contributed by atoms with E-state index >= 15 is 0 Å². The van der Waals surface area contributed by atoms with Gasteiger partial charge in [0.05, 0.1) is 18.8 Å². The fourth-order valence-electron chi connectivity index (χ4n) is 6.91. The number of ketones is 1. The third-order valence-corrected chi connectivity index (χ3v) is 9.85. The van der Waals surface area contributed by atoms with Crippen LogP contribution in [0.5, 0.6) is 23.0 Å². The summed E-state index contributed by atoms with van der Waals surface area (Å²) in [4.78, 5) is 17.4. The number of hydrogen-bond acceptors (Lipinski definition) is 9. The van der Waals surface area contributed by atoms with Crippen molar-refractivity contribution in [3.63, 3.8) is 0 Å². The standard InChI is InChI=1S/C43H56N4O7/c1-28(2)26-47-43(44)46-22-20-33-24-37-31-15-18-35(49)25-34(48)17-14-30-16-19-38(50)40(52-3)36(30)13-7-12-32(23-31)39(41(37)54-42(33)51)53-27-45-21-8-11-29-9-5-4-6-10-29/h4-6,9-10,16,19,23,28,33,35,42,45,49-51H,8,11-12,14-15,17-18,20-22,24-27H2,1-3H3,(H3,44,46,47)/t33-,35-,42+/m1/s1. The number of phenolic OH excluding ortho intramolecular Hbond substituents is 1. The molecule has 1 heterocycles. The topological polar surface area (TPSA) is 168 Å². The van der Waals surface area contributed by atoms with Gasteiger partial charge in [-0.1, -0.05) is 68.2 Å². The fourth-order valence-corrected chi connectivity index (χ4v) is 6.91. The molecule has 3 aromatic carbocycles. The third kappa shape index (κ3) is 11.4. The Kier molecular flexibility index (Phi) is 15.0. The second-order valence-corrected chi connectivity index (χ2v) is 14.6. The van der Waals surface area contributed by atoms with Crippen LogP contribution < -0.4 is 30.6 Å². The number of benzene rings is 3. The van der Waals surface area contributed by atoms with Gasteiger partial charge in [-0.3, -0.25) is 15.1 Å². The summed E-state index contributed by atoms with van der Waals surface area (Å²) in [7, 11) is 1.48. The number of aliphatic hydroxyl groups excluding tert-OH is 2.